The molecule has 0 saturated heterocycles. The summed E-state index contributed by atoms with van der Waals surface area (Å²) in [7, 11) is 0. The monoisotopic (exact) mass is 211 g/mol. The minimum atomic E-state index is -0.986. The number of hydrogen-bond acceptors (Lipinski definition) is 3. The molecule has 0 unspecified atom stereocenters. The summed E-state index contributed by atoms with van der Waals surface area (Å²) in [5.41, 5.74) is 0.473. The van der Waals surface area contributed by atoms with E-state index in [1.54, 1.807) is 12.1 Å². The lowest BCUT2D eigenvalue weighted by molar-refractivity contribution is -0.120. The molecule has 0 radical (unpaired) electrons. The molecule has 1 aromatic rings. The molecule has 78 valence electrons. The van der Waals surface area contributed by atoms with Gasteiger partial charge in [-0.1, -0.05) is 18.2 Å². The van der Waals surface area contributed by atoms with Gasteiger partial charge >= 0.3 is 0 Å². The second kappa shape index (κ2) is 3.67. The van der Waals surface area contributed by atoms with Crippen LogP contribution in [0.25, 0.3) is 0 Å². The van der Waals surface area contributed by atoms with E-state index in [-0.39, 0.29) is 18.7 Å². The Morgan fingerprint density at radius 2 is 1.81 bits per heavy atom. The van der Waals surface area contributed by atoms with Gasteiger partial charge in [0, 0.05) is 5.69 Å². The van der Waals surface area contributed by atoms with Crippen LogP contribution in [0.1, 0.15) is 18.4 Å². The number of nitrogens with zero attached hydrogens (tertiary/aromatic N) is 2. The molecule has 4 heteroatoms. The first kappa shape index (κ1) is 10.2. The smallest absolute Gasteiger partial charge is 0.237 e. The Labute approximate surface area is 93.1 Å². The number of para-hydroxylation sites is 1. The lowest BCUT2D eigenvalue weighted by Gasteiger charge is -2.20. The highest BCUT2D eigenvalue weighted by molar-refractivity contribution is 6.06. The minimum absolute atomic E-state index is 0.0312. The zero-order valence-corrected chi connectivity index (χ0v) is 8.53. The number of benzene rings is 1. The van der Waals surface area contributed by atoms with Crippen LogP contribution in [0.4, 0.5) is 5.69 Å². The molecule has 0 bridgehead atoms. The largest absolute Gasteiger partial charge is 0.325 e. The lowest BCUT2D eigenvalue weighted by atomic mass is 9.77. The summed E-state index contributed by atoms with van der Waals surface area (Å²) in [6, 6.07) is 11.2. The Morgan fingerprint density at radius 3 is 2.44 bits per heavy atom. The summed E-state index contributed by atoms with van der Waals surface area (Å²) < 4.78 is 0. The van der Waals surface area contributed by atoms with Crippen molar-refractivity contribution in [2.45, 2.75) is 18.3 Å². The van der Waals surface area contributed by atoms with Crippen LogP contribution in [-0.2, 0) is 10.2 Å². The number of nitriles is 2. The van der Waals surface area contributed by atoms with Crippen LogP contribution >= 0.6 is 0 Å². The van der Waals surface area contributed by atoms with Gasteiger partial charge in [-0.2, -0.15) is 10.5 Å². The van der Waals surface area contributed by atoms with Crippen LogP contribution in [0.2, 0.25) is 0 Å². The fraction of sp³-hybridized carbons (Fsp3) is 0.250. The average molecular weight is 211 g/mol. The van der Waals surface area contributed by atoms with Crippen molar-refractivity contribution in [2.24, 2.45) is 0 Å². The van der Waals surface area contributed by atoms with Crippen molar-refractivity contribution >= 4 is 11.6 Å². The number of rotatable bonds is 2. The Kier molecular flexibility index (Phi) is 2.34. The summed E-state index contributed by atoms with van der Waals surface area (Å²) in [6.45, 7) is 0. The van der Waals surface area contributed by atoms with Gasteiger partial charge in [0.25, 0.3) is 0 Å². The van der Waals surface area contributed by atoms with Crippen molar-refractivity contribution in [3.05, 3.63) is 29.8 Å². The molecular formula is C12H9N3O. The number of fused-ring (bicyclic) bond motifs is 1. The van der Waals surface area contributed by atoms with E-state index in [9.17, 15) is 4.79 Å². The van der Waals surface area contributed by atoms with Crippen molar-refractivity contribution < 1.29 is 4.79 Å². The van der Waals surface area contributed by atoms with Gasteiger partial charge < -0.3 is 5.32 Å². The second-order valence-electron chi connectivity index (χ2n) is 3.75. The van der Waals surface area contributed by atoms with Gasteiger partial charge in [-0.05, 0) is 11.6 Å². The zero-order chi connectivity index (χ0) is 11.6. The van der Waals surface area contributed by atoms with Crippen LogP contribution in [0, 0.1) is 22.7 Å². The van der Waals surface area contributed by atoms with Gasteiger partial charge in [0.2, 0.25) is 5.91 Å². The fourth-order valence-corrected chi connectivity index (χ4v) is 2.06. The Hall–Kier alpha value is -2.33. The Bertz CT molecular complexity index is 506. The molecule has 0 aliphatic carbocycles. The maximum Gasteiger partial charge on any atom is 0.237 e. The van der Waals surface area contributed by atoms with Crippen LogP contribution in [0.3, 0.4) is 0 Å². The fourth-order valence-electron chi connectivity index (χ4n) is 2.06. The highest BCUT2D eigenvalue weighted by Crippen LogP contribution is 2.42. The molecule has 4 nitrogen and oxygen atoms in total. The van der Waals surface area contributed by atoms with Crippen molar-refractivity contribution in [1.29, 1.82) is 10.5 Å². The van der Waals surface area contributed by atoms with Crippen LogP contribution < -0.4 is 5.32 Å². The van der Waals surface area contributed by atoms with Gasteiger partial charge in [-0.25, -0.2) is 0 Å². The lowest BCUT2D eigenvalue weighted by Crippen LogP contribution is -2.33. The van der Waals surface area contributed by atoms with Crippen molar-refractivity contribution in [3.8, 4) is 12.1 Å². The normalized spacial score (nSPS) is 15.8. The topological polar surface area (TPSA) is 76.7 Å². The summed E-state index contributed by atoms with van der Waals surface area (Å²) in [4.78, 5) is 11.9. The van der Waals surface area contributed by atoms with Gasteiger partial charge in [-0.3, -0.25) is 4.79 Å². The highest BCUT2D eigenvalue weighted by atomic mass is 16.2. The van der Waals surface area contributed by atoms with Crippen molar-refractivity contribution in [2.75, 3.05) is 5.32 Å². The third kappa shape index (κ3) is 1.24. The molecular weight excluding hydrogens is 202 g/mol. The van der Waals surface area contributed by atoms with Crippen molar-refractivity contribution in [1.82, 2.24) is 0 Å². The van der Waals surface area contributed by atoms with E-state index in [2.05, 4.69) is 5.32 Å². The Morgan fingerprint density at radius 1 is 1.19 bits per heavy atom. The van der Waals surface area contributed by atoms with E-state index in [1.165, 1.54) is 0 Å². The molecule has 1 amide bonds. The first-order valence-electron chi connectivity index (χ1n) is 4.89. The van der Waals surface area contributed by atoms with E-state index in [1.807, 2.05) is 24.3 Å². The third-order valence-electron chi connectivity index (χ3n) is 2.89. The standard InChI is InChI=1S/C12H9N3O/c13-7-5-12(6-8-14)9-3-1-2-4-10(9)15-11(12)16/h1-4H,5-6H2,(H,15,16). The maximum atomic E-state index is 11.9. The zero-order valence-electron chi connectivity index (χ0n) is 8.53. The second-order valence-corrected chi connectivity index (χ2v) is 3.75. The predicted molar refractivity (Wildman–Crippen MR) is 57.2 cm³/mol. The first-order valence-corrected chi connectivity index (χ1v) is 4.89. The van der Waals surface area contributed by atoms with E-state index < -0.39 is 5.41 Å². The molecule has 16 heavy (non-hydrogen) atoms. The predicted octanol–water partition coefficient (Wildman–Crippen LogP) is 1.70. The van der Waals surface area contributed by atoms with Crippen LogP contribution in [-0.4, -0.2) is 5.91 Å². The first-order chi connectivity index (χ1) is 7.74. The molecule has 1 aliphatic heterocycles. The molecule has 0 spiro atoms. The third-order valence-corrected chi connectivity index (χ3v) is 2.89. The number of amides is 1. The average Bonchev–Trinajstić information content (AvgIpc) is 2.54. The molecule has 0 aromatic heterocycles. The molecule has 2 rings (SSSR count). The van der Waals surface area contributed by atoms with E-state index in [4.69, 9.17) is 10.5 Å². The molecule has 0 atom stereocenters. The number of carbonyl (C=O) groups is 1. The van der Waals surface area contributed by atoms with E-state index in [0.717, 1.165) is 5.56 Å². The summed E-state index contributed by atoms with van der Waals surface area (Å²) in [5.74, 6) is -0.253. The summed E-state index contributed by atoms with van der Waals surface area (Å²) in [5, 5.41) is 20.4. The van der Waals surface area contributed by atoms with Gasteiger partial charge in [-0.15, -0.1) is 0 Å². The molecule has 1 N–H and O–H groups in total. The van der Waals surface area contributed by atoms with Crippen LogP contribution in [0.15, 0.2) is 24.3 Å². The van der Waals surface area contributed by atoms with Gasteiger partial charge in [0.05, 0.1) is 25.0 Å². The van der Waals surface area contributed by atoms with Crippen molar-refractivity contribution in [3.63, 3.8) is 0 Å². The van der Waals surface area contributed by atoms with E-state index >= 15 is 0 Å². The quantitative estimate of drug-likeness (QED) is 0.808. The SMILES string of the molecule is N#CCC1(CC#N)C(=O)Nc2ccccc21. The number of anilines is 1. The van der Waals surface area contributed by atoms with Gasteiger partial charge in [0.1, 0.15) is 5.41 Å². The highest BCUT2D eigenvalue weighted by Gasteiger charge is 2.46. The number of hydrogen-bond donors (Lipinski definition) is 1. The molecule has 1 aliphatic rings. The minimum Gasteiger partial charge on any atom is -0.325 e. The van der Waals surface area contributed by atoms with Crippen LogP contribution in [0.5, 0.6) is 0 Å². The maximum absolute atomic E-state index is 11.9. The van der Waals surface area contributed by atoms with E-state index in [0.29, 0.717) is 5.69 Å². The molecule has 0 saturated carbocycles. The number of nitrogens with one attached hydrogen (secondary N) is 1. The summed E-state index contributed by atoms with van der Waals surface area (Å²) >= 11 is 0. The molecule has 0 fully saturated rings. The van der Waals surface area contributed by atoms with Gasteiger partial charge in [0.15, 0.2) is 0 Å². The number of carbonyl (C=O) groups excluding carboxylic acids is 1. The Balaban J connectivity index is 2.58. The molecule has 1 aromatic carbocycles. The summed E-state index contributed by atoms with van der Waals surface area (Å²) in [6.07, 6.45) is 0.0623. The molecule has 1 heterocycles.